The smallest absolute Gasteiger partial charge is 0.354 e. The van der Waals surface area contributed by atoms with E-state index in [1.54, 1.807) is 6.07 Å². The van der Waals surface area contributed by atoms with Crippen LogP contribution in [0.2, 0.25) is 0 Å². The van der Waals surface area contributed by atoms with E-state index in [9.17, 15) is 9.90 Å². The molecule has 0 aliphatic rings. The highest BCUT2D eigenvalue weighted by molar-refractivity contribution is 5.86. The molecule has 100 valence electrons. The molecule has 0 aliphatic carbocycles. The fraction of sp³-hybridized carbons (Fsp3) is 0.333. The molecule has 1 aromatic carbocycles. The molecule has 1 N–H and O–H groups in total. The van der Waals surface area contributed by atoms with Crippen molar-refractivity contribution in [1.29, 1.82) is 0 Å². The van der Waals surface area contributed by atoms with E-state index in [-0.39, 0.29) is 5.69 Å². The number of hydrogen-bond acceptors (Lipinski definition) is 2. The van der Waals surface area contributed by atoms with Gasteiger partial charge in [-0.05, 0) is 43.5 Å². The molecule has 0 amide bonds. The highest BCUT2D eigenvalue weighted by atomic mass is 16.4. The fourth-order valence-electron chi connectivity index (χ4n) is 2.02. The van der Waals surface area contributed by atoms with Crippen LogP contribution in [0.25, 0.3) is 5.69 Å². The Morgan fingerprint density at radius 2 is 2.16 bits per heavy atom. The first-order valence-corrected chi connectivity index (χ1v) is 6.51. The van der Waals surface area contributed by atoms with Gasteiger partial charge >= 0.3 is 5.97 Å². The monoisotopic (exact) mass is 258 g/mol. The van der Waals surface area contributed by atoms with Gasteiger partial charge in [0.2, 0.25) is 0 Å². The van der Waals surface area contributed by atoms with Gasteiger partial charge in [-0.15, -0.1) is 0 Å². The second kappa shape index (κ2) is 5.69. The number of carboxylic acids is 1. The number of hydrogen-bond donors (Lipinski definition) is 1. The molecule has 4 heteroatoms. The number of carbonyl (C=O) groups is 1. The second-order valence-electron chi connectivity index (χ2n) is 4.68. The van der Waals surface area contributed by atoms with Crippen molar-refractivity contribution in [1.82, 2.24) is 9.78 Å². The van der Waals surface area contributed by atoms with Crippen LogP contribution in [0.3, 0.4) is 0 Å². The third-order valence-corrected chi connectivity index (χ3v) is 3.01. The summed E-state index contributed by atoms with van der Waals surface area (Å²) in [7, 11) is 0. The van der Waals surface area contributed by atoms with Gasteiger partial charge < -0.3 is 5.11 Å². The van der Waals surface area contributed by atoms with Crippen molar-refractivity contribution >= 4 is 5.97 Å². The first kappa shape index (κ1) is 13.3. The van der Waals surface area contributed by atoms with Crippen molar-refractivity contribution in [3.05, 3.63) is 47.3 Å². The average Bonchev–Trinajstić information content (AvgIpc) is 2.80. The topological polar surface area (TPSA) is 55.1 Å². The number of carboxylic acid groups (broad SMARTS) is 1. The van der Waals surface area contributed by atoms with Gasteiger partial charge in [-0.3, -0.25) is 0 Å². The van der Waals surface area contributed by atoms with Crippen LogP contribution >= 0.6 is 0 Å². The Balaban J connectivity index is 2.43. The maximum absolute atomic E-state index is 11.3. The molecule has 4 nitrogen and oxygen atoms in total. The molecule has 0 fully saturated rings. The fourth-order valence-corrected chi connectivity index (χ4v) is 2.02. The van der Waals surface area contributed by atoms with Crippen LogP contribution < -0.4 is 0 Å². The summed E-state index contributed by atoms with van der Waals surface area (Å²) in [4.78, 5) is 11.3. The lowest BCUT2D eigenvalue weighted by Gasteiger charge is -2.05. The zero-order valence-corrected chi connectivity index (χ0v) is 11.3. The summed E-state index contributed by atoms with van der Waals surface area (Å²) < 4.78 is 1.51. The lowest BCUT2D eigenvalue weighted by atomic mass is 10.2. The number of unbranched alkanes of at least 4 members (excludes halogenated alkanes) is 1. The zero-order chi connectivity index (χ0) is 13.8. The first-order chi connectivity index (χ1) is 9.11. The quantitative estimate of drug-likeness (QED) is 0.895. The first-order valence-electron chi connectivity index (χ1n) is 6.51. The Kier molecular flexibility index (Phi) is 4.00. The zero-order valence-electron chi connectivity index (χ0n) is 11.3. The Morgan fingerprint density at radius 1 is 1.37 bits per heavy atom. The molecule has 1 heterocycles. The summed E-state index contributed by atoms with van der Waals surface area (Å²) in [6.45, 7) is 4.08. The highest BCUT2D eigenvalue weighted by Crippen LogP contribution is 2.15. The molecule has 0 aliphatic heterocycles. The van der Waals surface area contributed by atoms with Crippen LogP contribution in [-0.2, 0) is 6.42 Å². The normalized spacial score (nSPS) is 10.6. The summed E-state index contributed by atoms with van der Waals surface area (Å²) in [5.74, 6) is -0.947. The van der Waals surface area contributed by atoms with E-state index in [2.05, 4.69) is 12.0 Å². The van der Waals surface area contributed by atoms with Gasteiger partial charge in [-0.1, -0.05) is 25.5 Å². The van der Waals surface area contributed by atoms with Crippen LogP contribution in [0.15, 0.2) is 30.3 Å². The van der Waals surface area contributed by atoms with E-state index in [1.165, 1.54) is 4.68 Å². The van der Waals surface area contributed by atoms with Gasteiger partial charge in [0.05, 0.1) is 11.4 Å². The SMILES string of the molecule is CCCCc1cc(C(=O)O)n(-c2cccc(C)c2)n1. The molecule has 0 spiro atoms. The van der Waals surface area contributed by atoms with Gasteiger partial charge in [0.25, 0.3) is 0 Å². The molecule has 0 radical (unpaired) electrons. The van der Waals surface area contributed by atoms with Crippen LogP contribution in [-0.4, -0.2) is 20.9 Å². The molecule has 0 atom stereocenters. The Bertz CT molecular complexity index is 588. The Morgan fingerprint density at radius 3 is 2.79 bits per heavy atom. The number of aryl methyl sites for hydroxylation is 2. The van der Waals surface area contributed by atoms with E-state index in [0.29, 0.717) is 0 Å². The minimum Gasteiger partial charge on any atom is -0.477 e. The van der Waals surface area contributed by atoms with Gasteiger partial charge in [0.15, 0.2) is 5.69 Å². The highest BCUT2D eigenvalue weighted by Gasteiger charge is 2.15. The van der Waals surface area contributed by atoms with Crippen LogP contribution in [0.1, 0.15) is 41.5 Å². The second-order valence-corrected chi connectivity index (χ2v) is 4.68. The third-order valence-electron chi connectivity index (χ3n) is 3.01. The van der Waals surface area contributed by atoms with E-state index in [1.807, 2.05) is 31.2 Å². The predicted molar refractivity (Wildman–Crippen MR) is 73.9 cm³/mol. The number of rotatable bonds is 5. The van der Waals surface area contributed by atoms with Gasteiger partial charge in [0.1, 0.15) is 0 Å². The Labute approximate surface area is 112 Å². The average molecular weight is 258 g/mol. The third kappa shape index (κ3) is 3.02. The summed E-state index contributed by atoms with van der Waals surface area (Å²) in [5, 5.41) is 13.7. The van der Waals surface area contributed by atoms with Crippen molar-refractivity contribution in [2.24, 2.45) is 0 Å². The predicted octanol–water partition coefficient (Wildman–Crippen LogP) is 3.22. The van der Waals surface area contributed by atoms with Crippen molar-refractivity contribution in [3.63, 3.8) is 0 Å². The summed E-state index contributed by atoms with van der Waals surface area (Å²) in [5.41, 5.74) is 2.93. The van der Waals surface area contributed by atoms with E-state index < -0.39 is 5.97 Å². The lowest BCUT2D eigenvalue weighted by Crippen LogP contribution is -2.08. The summed E-state index contributed by atoms with van der Waals surface area (Å²) >= 11 is 0. The molecule has 2 aromatic rings. The molecule has 19 heavy (non-hydrogen) atoms. The van der Waals surface area contributed by atoms with Crippen LogP contribution in [0.5, 0.6) is 0 Å². The van der Waals surface area contributed by atoms with Crippen LogP contribution in [0.4, 0.5) is 0 Å². The van der Waals surface area contributed by atoms with Crippen LogP contribution in [0, 0.1) is 6.92 Å². The van der Waals surface area contributed by atoms with Gasteiger partial charge in [0, 0.05) is 0 Å². The van der Waals surface area contributed by atoms with Gasteiger partial charge in [-0.25, -0.2) is 9.48 Å². The maximum Gasteiger partial charge on any atom is 0.354 e. The van der Waals surface area contributed by atoms with E-state index in [4.69, 9.17) is 0 Å². The molecule has 0 saturated carbocycles. The number of aromatic carboxylic acids is 1. The molecular formula is C15H18N2O2. The lowest BCUT2D eigenvalue weighted by molar-refractivity contribution is 0.0687. The van der Waals surface area contributed by atoms with Crippen molar-refractivity contribution in [2.45, 2.75) is 33.1 Å². The summed E-state index contributed by atoms with van der Waals surface area (Å²) in [6, 6.07) is 9.36. The van der Waals surface area contributed by atoms with E-state index in [0.717, 1.165) is 36.2 Å². The minimum absolute atomic E-state index is 0.219. The molecule has 1 aromatic heterocycles. The molecule has 0 saturated heterocycles. The molecule has 2 rings (SSSR count). The molecular weight excluding hydrogens is 240 g/mol. The van der Waals surface area contributed by atoms with E-state index >= 15 is 0 Å². The molecule has 0 bridgehead atoms. The number of aromatic nitrogens is 2. The van der Waals surface area contributed by atoms with Crippen molar-refractivity contribution < 1.29 is 9.90 Å². The van der Waals surface area contributed by atoms with Gasteiger partial charge in [-0.2, -0.15) is 5.10 Å². The number of benzene rings is 1. The standard InChI is InChI=1S/C15H18N2O2/c1-3-4-7-12-10-14(15(18)19)17(16-12)13-8-5-6-11(2)9-13/h5-6,8-10H,3-4,7H2,1-2H3,(H,18,19). The summed E-state index contributed by atoms with van der Waals surface area (Å²) in [6.07, 6.45) is 2.90. The minimum atomic E-state index is -0.947. The Hall–Kier alpha value is -2.10. The largest absolute Gasteiger partial charge is 0.477 e. The van der Waals surface area contributed by atoms with Crippen molar-refractivity contribution in [3.8, 4) is 5.69 Å². The number of nitrogens with zero attached hydrogens (tertiary/aromatic N) is 2. The maximum atomic E-state index is 11.3. The molecule has 0 unspecified atom stereocenters. The van der Waals surface area contributed by atoms with Crippen molar-refractivity contribution in [2.75, 3.05) is 0 Å².